The van der Waals surface area contributed by atoms with Gasteiger partial charge in [-0.15, -0.1) is 0 Å². The number of hydrogen-bond acceptors (Lipinski definition) is 7. The van der Waals surface area contributed by atoms with E-state index in [1.165, 1.54) is 6.42 Å². The highest BCUT2D eigenvalue weighted by Gasteiger charge is 2.16. The molecule has 2 aromatic rings. The first-order valence-corrected chi connectivity index (χ1v) is 8.92. The zero-order valence-corrected chi connectivity index (χ0v) is 15.6. The van der Waals surface area contributed by atoms with Crippen molar-refractivity contribution in [1.82, 2.24) is 15.3 Å². The Hall–Kier alpha value is -2.82. The van der Waals surface area contributed by atoms with Crippen LogP contribution in [0.4, 0.5) is 5.82 Å². The first-order valence-electron chi connectivity index (χ1n) is 8.92. The second-order valence-corrected chi connectivity index (χ2v) is 6.10. The Bertz CT molecular complexity index is 793. The van der Waals surface area contributed by atoms with E-state index in [0.29, 0.717) is 35.8 Å². The monoisotopic (exact) mass is 368 g/mol. The first-order chi connectivity index (χ1) is 13.3. The van der Waals surface area contributed by atoms with E-state index in [9.17, 15) is 0 Å². The van der Waals surface area contributed by atoms with Crippen molar-refractivity contribution in [1.29, 1.82) is 0 Å². The Labute approximate surface area is 159 Å². The molecule has 1 aliphatic heterocycles. The van der Waals surface area contributed by atoms with Crippen LogP contribution in [0.3, 0.4) is 0 Å². The van der Waals surface area contributed by atoms with Gasteiger partial charge in [-0.1, -0.05) is 5.92 Å². The van der Waals surface area contributed by atoms with Crippen molar-refractivity contribution in [3.63, 3.8) is 0 Å². The van der Waals surface area contributed by atoms with E-state index in [1.807, 2.05) is 24.3 Å². The van der Waals surface area contributed by atoms with Crippen LogP contribution in [0.15, 0.2) is 30.5 Å². The number of ether oxygens (including phenoxy) is 3. The number of anilines is 1. The fraction of sp³-hybridized carbons (Fsp3) is 0.400. The molecule has 142 valence electrons. The fourth-order valence-corrected chi connectivity index (χ4v) is 2.73. The summed E-state index contributed by atoms with van der Waals surface area (Å²) in [6.07, 6.45) is 3.98. The van der Waals surface area contributed by atoms with Crippen molar-refractivity contribution in [3.8, 4) is 29.2 Å². The van der Waals surface area contributed by atoms with E-state index in [0.717, 1.165) is 25.3 Å². The maximum absolute atomic E-state index is 5.96. The molecule has 0 amide bonds. The van der Waals surface area contributed by atoms with Gasteiger partial charge in [0, 0.05) is 19.7 Å². The third kappa shape index (κ3) is 5.58. The van der Waals surface area contributed by atoms with Crippen LogP contribution in [0.1, 0.15) is 18.5 Å². The van der Waals surface area contributed by atoms with Gasteiger partial charge in [-0.25, -0.2) is 4.98 Å². The number of nitrogens with one attached hydrogen (secondary N) is 2. The molecule has 0 saturated carbocycles. The standard InChI is InChI=1S/C20H24N4O3/c1-25-12-4-6-16-14-23-19(22-13-15-5-3-11-21-15)20(24-16)27-18-9-7-17(26-2)8-10-18/h7-10,14-15,21H,3,5,11-13H2,1-2H3,(H,22,23)/t15-/m0/s1. The number of hydrogen-bond donors (Lipinski definition) is 2. The zero-order valence-electron chi connectivity index (χ0n) is 15.6. The van der Waals surface area contributed by atoms with Crippen LogP contribution in [-0.2, 0) is 4.74 Å². The largest absolute Gasteiger partial charge is 0.497 e. The van der Waals surface area contributed by atoms with Gasteiger partial charge in [-0.3, -0.25) is 0 Å². The highest BCUT2D eigenvalue weighted by Crippen LogP contribution is 2.27. The Morgan fingerprint density at radius 1 is 1.22 bits per heavy atom. The van der Waals surface area contributed by atoms with Crippen LogP contribution in [0.2, 0.25) is 0 Å². The number of benzene rings is 1. The third-order valence-electron chi connectivity index (χ3n) is 4.13. The molecule has 3 rings (SSSR count). The SMILES string of the molecule is COCC#Cc1cnc(NC[C@@H]2CCCN2)c(Oc2ccc(OC)cc2)n1. The Morgan fingerprint density at radius 2 is 2.04 bits per heavy atom. The van der Waals surface area contributed by atoms with Crippen LogP contribution >= 0.6 is 0 Å². The van der Waals surface area contributed by atoms with Crippen molar-refractivity contribution >= 4 is 5.82 Å². The van der Waals surface area contributed by atoms with Crippen LogP contribution in [0, 0.1) is 11.8 Å². The molecule has 0 unspecified atom stereocenters. The summed E-state index contributed by atoms with van der Waals surface area (Å²) >= 11 is 0. The highest BCUT2D eigenvalue weighted by molar-refractivity contribution is 5.49. The molecule has 27 heavy (non-hydrogen) atoms. The number of nitrogens with zero attached hydrogens (tertiary/aromatic N) is 2. The summed E-state index contributed by atoms with van der Waals surface area (Å²) in [6, 6.07) is 7.75. The average Bonchev–Trinajstić information content (AvgIpc) is 3.22. The average molecular weight is 368 g/mol. The molecule has 0 aliphatic carbocycles. The van der Waals surface area contributed by atoms with Gasteiger partial charge < -0.3 is 24.8 Å². The van der Waals surface area contributed by atoms with Gasteiger partial charge in [0.25, 0.3) is 5.88 Å². The molecule has 1 aliphatic rings. The van der Waals surface area contributed by atoms with Gasteiger partial charge in [0.05, 0.1) is 13.3 Å². The summed E-state index contributed by atoms with van der Waals surface area (Å²) in [5.74, 6) is 8.20. The van der Waals surface area contributed by atoms with Crippen molar-refractivity contribution in [2.45, 2.75) is 18.9 Å². The normalized spacial score (nSPS) is 15.7. The zero-order chi connectivity index (χ0) is 18.9. The minimum atomic E-state index is 0.337. The maximum Gasteiger partial charge on any atom is 0.264 e. The molecule has 0 bridgehead atoms. The van der Waals surface area contributed by atoms with Crippen molar-refractivity contribution in [3.05, 3.63) is 36.2 Å². The predicted molar refractivity (Wildman–Crippen MR) is 103 cm³/mol. The van der Waals surface area contributed by atoms with E-state index >= 15 is 0 Å². The van der Waals surface area contributed by atoms with Crippen LogP contribution in [-0.4, -0.2) is 49.9 Å². The summed E-state index contributed by atoms with van der Waals surface area (Å²) in [6.45, 7) is 2.16. The van der Waals surface area contributed by atoms with Crippen LogP contribution in [0.5, 0.6) is 17.4 Å². The van der Waals surface area contributed by atoms with Crippen molar-refractivity contribution in [2.24, 2.45) is 0 Å². The molecule has 1 atom stereocenters. The van der Waals surface area contributed by atoms with E-state index in [2.05, 4.69) is 32.4 Å². The number of methoxy groups -OCH3 is 2. The molecule has 1 saturated heterocycles. The maximum atomic E-state index is 5.96. The summed E-state index contributed by atoms with van der Waals surface area (Å²) < 4.78 is 16.1. The smallest absolute Gasteiger partial charge is 0.264 e. The molecular formula is C20H24N4O3. The van der Waals surface area contributed by atoms with Crippen LogP contribution < -0.4 is 20.1 Å². The van der Waals surface area contributed by atoms with E-state index in [4.69, 9.17) is 14.2 Å². The second-order valence-electron chi connectivity index (χ2n) is 6.10. The predicted octanol–water partition coefficient (Wildman–Crippen LogP) is 2.44. The summed E-state index contributed by atoms with van der Waals surface area (Å²) in [5, 5.41) is 6.79. The first kappa shape index (κ1) is 19.0. The molecular weight excluding hydrogens is 344 g/mol. The lowest BCUT2D eigenvalue weighted by molar-refractivity contribution is 0.240. The van der Waals surface area contributed by atoms with Gasteiger partial charge in [0.1, 0.15) is 23.8 Å². The third-order valence-corrected chi connectivity index (χ3v) is 4.13. The molecule has 7 nitrogen and oxygen atoms in total. The van der Waals surface area contributed by atoms with Crippen molar-refractivity contribution in [2.75, 3.05) is 39.2 Å². The lowest BCUT2D eigenvalue weighted by Crippen LogP contribution is -2.29. The lowest BCUT2D eigenvalue weighted by Gasteiger charge is -2.14. The molecule has 1 aromatic heterocycles. The minimum absolute atomic E-state index is 0.337. The Balaban J connectivity index is 1.78. The molecule has 7 heteroatoms. The van der Waals surface area contributed by atoms with Gasteiger partial charge in [-0.2, -0.15) is 4.98 Å². The van der Waals surface area contributed by atoms with Gasteiger partial charge >= 0.3 is 0 Å². The quantitative estimate of drug-likeness (QED) is 0.727. The second kappa shape index (κ2) is 9.76. The molecule has 2 heterocycles. The van der Waals surface area contributed by atoms with E-state index in [1.54, 1.807) is 20.4 Å². The Morgan fingerprint density at radius 3 is 2.74 bits per heavy atom. The highest BCUT2D eigenvalue weighted by atomic mass is 16.5. The topological polar surface area (TPSA) is 77.5 Å². The van der Waals surface area contributed by atoms with Gasteiger partial charge in [-0.05, 0) is 49.6 Å². The summed E-state index contributed by atoms with van der Waals surface area (Å²) in [5.41, 5.74) is 0.528. The molecule has 1 aromatic carbocycles. The van der Waals surface area contributed by atoms with Crippen molar-refractivity contribution < 1.29 is 14.2 Å². The number of rotatable bonds is 7. The number of aromatic nitrogens is 2. The molecule has 0 radical (unpaired) electrons. The van der Waals surface area contributed by atoms with Gasteiger partial charge in [0.2, 0.25) is 0 Å². The summed E-state index contributed by atoms with van der Waals surface area (Å²) in [4.78, 5) is 8.95. The molecule has 0 spiro atoms. The Kier molecular flexibility index (Phi) is 6.85. The fourth-order valence-electron chi connectivity index (χ4n) is 2.73. The molecule has 2 N–H and O–H groups in total. The van der Waals surface area contributed by atoms with Gasteiger partial charge in [0.15, 0.2) is 5.82 Å². The summed E-state index contributed by atoms with van der Waals surface area (Å²) in [7, 11) is 3.23. The lowest BCUT2D eigenvalue weighted by atomic mass is 10.2. The van der Waals surface area contributed by atoms with E-state index in [-0.39, 0.29) is 0 Å². The molecule has 1 fully saturated rings. The van der Waals surface area contributed by atoms with E-state index < -0.39 is 0 Å². The van der Waals surface area contributed by atoms with Crippen LogP contribution in [0.25, 0.3) is 0 Å². The minimum Gasteiger partial charge on any atom is -0.497 e.